The predicted octanol–water partition coefficient (Wildman–Crippen LogP) is 1.44. The highest BCUT2D eigenvalue weighted by Crippen LogP contribution is 2.04. The van der Waals surface area contributed by atoms with Crippen LogP contribution in [0.1, 0.15) is 0 Å². The van der Waals surface area contributed by atoms with Crippen LogP contribution >= 0.6 is 22.6 Å². The lowest BCUT2D eigenvalue weighted by atomic mass is 10.9. The highest BCUT2D eigenvalue weighted by molar-refractivity contribution is 14.1. The highest BCUT2D eigenvalue weighted by atomic mass is 127. The molecule has 0 N–H and O–H groups in total. The standard InChI is InChI=1S/C4H3FIN3/c5-4(1-6)9-3-7-2-8-9/h1-3H/b4-1-. The van der Waals surface area contributed by atoms with Gasteiger partial charge in [-0.1, -0.05) is 0 Å². The molecule has 0 radical (unpaired) electrons. The second-order valence-electron chi connectivity index (χ2n) is 1.27. The Hall–Kier alpha value is -0.460. The fourth-order valence-electron chi connectivity index (χ4n) is 0.369. The van der Waals surface area contributed by atoms with Crippen molar-refractivity contribution in [2.75, 3.05) is 0 Å². The van der Waals surface area contributed by atoms with Gasteiger partial charge in [0.25, 0.3) is 0 Å². The molecule has 0 spiro atoms. The highest BCUT2D eigenvalue weighted by Gasteiger charge is 1.93. The molecule has 0 aromatic carbocycles. The summed E-state index contributed by atoms with van der Waals surface area (Å²) in [7, 11) is 0. The Bertz CT molecular complexity index is 206. The molecule has 0 aliphatic heterocycles. The summed E-state index contributed by atoms with van der Waals surface area (Å²) in [5, 5.41) is 3.54. The molecule has 9 heavy (non-hydrogen) atoms. The molecule has 1 rings (SSSR count). The summed E-state index contributed by atoms with van der Waals surface area (Å²) >= 11 is 1.79. The molecular formula is C4H3FIN3. The van der Waals surface area contributed by atoms with E-state index < -0.39 is 5.95 Å². The van der Waals surface area contributed by atoms with Crippen LogP contribution in [0.4, 0.5) is 4.39 Å². The summed E-state index contributed by atoms with van der Waals surface area (Å²) in [5.41, 5.74) is 0. The van der Waals surface area contributed by atoms with Gasteiger partial charge in [-0.15, -0.1) is 0 Å². The van der Waals surface area contributed by atoms with E-state index in [1.54, 1.807) is 22.6 Å². The van der Waals surface area contributed by atoms with E-state index in [1.807, 2.05) is 0 Å². The quantitative estimate of drug-likeness (QED) is 0.694. The maximum atomic E-state index is 12.4. The lowest BCUT2D eigenvalue weighted by molar-refractivity contribution is 0.653. The monoisotopic (exact) mass is 239 g/mol. The fraction of sp³-hybridized carbons (Fsp3) is 0. The lowest BCUT2D eigenvalue weighted by Crippen LogP contribution is -1.89. The van der Waals surface area contributed by atoms with E-state index in [0.717, 1.165) is 4.68 Å². The van der Waals surface area contributed by atoms with Crippen molar-refractivity contribution in [3.8, 4) is 0 Å². The molecular weight excluding hydrogens is 236 g/mol. The number of nitrogens with zero attached hydrogens (tertiary/aromatic N) is 3. The summed E-state index contributed by atoms with van der Waals surface area (Å²) in [4.78, 5) is 3.56. The summed E-state index contributed by atoms with van der Waals surface area (Å²) in [6.45, 7) is 0. The van der Waals surface area contributed by atoms with E-state index in [2.05, 4.69) is 10.1 Å². The molecule has 0 aliphatic rings. The number of rotatable bonds is 1. The Morgan fingerprint density at radius 3 is 3.00 bits per heavy atom. The molecule has 0 saturated heterocycles. The molecule has 0 amide bonds. The van der Waals surface area contributed by atoms with Gasteiger partial charge >= 0.3 is 0 Å². The molecule has 0 atom stereocenters. The first-order valence-electron chi connectivity index (χ1n) is 2.15. The average Bonchev–Trinajstić information content (AvgIpc) is 2.37. The zero-order valence-corrected chi connectivity index (χ0v) is 6.49. The van der Waals surface area contributed by atoms with Gasteiger partial charge in [0.15, 0.2) is 0 Å². The Labute approximate surface area is 64.7 Å². The smallest absolute Gasteiger partial charge is 0.221 e. The van der Waals surface area contributed by atoms with E-state index in [4.69, 9.17) is 0 Å². The van der Waals surface area contributed by atoms with Crippen LogP contribution < -0.4 is 0 Å². The van der Waals surface area contributed by atoms with Crippen LogP contribution in [0.3, 0.4) is 0 Å². The number of hydrogen-bond donors (Lipinski definition) is 0. The Kier molecular flexibility index (Phi) is 2.15. The van der Waals surface area contributed by atoms with Crippen molar-refractivity contribution in [2.45, 2.75) is 0 Å². The van der Waals surface area contributed by atoms with Crippen LogP contribution in [0.2, 0.25) is 0 Å². The Morgan fingerprint density at radius 1 is 1.78 bits per heavy atom. The van der Waals surface area contributed by atoms with Crippen molar-refractivity contribution in [1.29, 1.82) is 0 Å². The molecule has 0 aliphatic carbocycles. The van der Waals surface area contributed by atoms with E-state index in [1.165, 1.54) is 16.7 Å². The maximum absolute atomic E-state index is 12.4. The normalized spacial score (nSPS) is 12.0. The second kappa shape index (κ2) is 2.90. The third-order valence-corrected chi connectivity index (χ3v) is 1.24. The van der Waals surface area contributed by atoms with Crippen LogP contribution in [0.25, 0.3) is 5.95 Å². The maximum Gasteiger partial charge on any atom is 0.221 e. The van der Waals surface area contributed by atoms with Crippen LogP contribution in [0.5, 0.6) is 0 Å². The Morgan fingerprint density at radius 2 is 2.56 bits per heavy atom. The predicted molar refractivity (Wildman–Crippen MR) is 39.4 cm³/mol. The second-order valence-corrected chi connectivity index (χ2v) is 1.89. The third kappa shape index (κ3) is 1.47. The summed E-state index contributed by atoms with van der Waals surface area (Å²) < 4.78 is 14.7. The van der Waals surface area contributed by atoms with E-state index in [9.17, 15) is 4.39 Å². The lowest BCUT2D eigenvalue weighted by Gasteiger charge is -1.89. The van der Waals surface area contributed by atoms with Gasteiger partial charge in [-0.05, 0) is 22.6 Å². The number of hydrogen-bond acceptors (Lipinski definition) is 2. The van der Waals surface area contributed by atoms with Crippen molar-refractivity contribution in [2.24, 2.45) is 0 Å². The minimum atomic E-state index is -0.423. The van der Waals surface area contributed by atoms with Crippen LogP contribution in [-0.4, -0.2) is 14.8 Å². The largest absolute Gasteiger partial charge is 0.223 e. The van der Waals surface area contributed by atoms with E-state index >= 15 is 0 Å². The summed E-state index contributed by atoms with van der Waals surface area (Å²) in [6.07, 6.45) is 2.57. The first kappa shape index (κ1) is 6.66. The summed E-state index contributed by atoms with van der Waals surface area (Å²) in [5.74, 6) is -0.423. The fourth-order valence-corrected chi connectivity index (χ4v) is 0.654. The van der Waals surface area contributed by atoms with Crippen molar-refractivity contribution < 1.29 is 4.39 Å². The van der Waals surface area contributed by atoms with Gasteiger partial charge in [0.05, 0.1) is 0 Å². The molecule has 1 aromatic rings. The molecule has 48 valence electrons. The summed E-state index contributed by atoms with van der Waals surface area (Å²) in [6, 6.07) is 0. The van der Waals surface area contributed by atoms with Crippen molar-refractivity contribution in [3.63, 3.8) is 0 Å². The van der Waals surface area contributed by atoms with Gasteiger partial charge in [-0.3, -0.25) is 0 Å². The molecule has 1 heterocycles. The average molecular weight is 239 g/mol. The van der Waals surface area contributed by atoms with Gasteiger partial charge in [-0.25, -0.2) is 4.98 Å². The van der Waals surface area contributed by atoms with Gasteiger partial charge < -0.3 is 0 Å². The molecule has 0 bridgehead atoms. The molecule has 0 fully saturated rings. The van der Waals surface area contributed by atoms with Gasteiger partial charge in [0.1, 0.15) is 12.7 Å². The first-order valence-corrected chi connectivity index (χ1v) is 3.40. The third-order valence-electron chi connectivity index (χ3n) is 0.728. The zero-order chi connectivity index (χ0) is 6.69. The minimum Gasteiger partial charge on any atom is -0.223 e. The van der Waals surface area contributed by atoms with Crippen molar-refractivity contribution in [1.82, 2.24) is 14.8 Å². The van der Waals surface area contributed by atoms with Crippen molar-refractivity contribution >= 4 is 28.5 Å². The number of halogens is 2. The van der Waals surface area contributed by atoms with Gasteiger partial charge in [0.2, 0.25) is 5.95 Å². The molecule has 3 nitrogen and oxygen atoms in total. The van der Waals surface area contributed by atoms with Crippen molar-refractivity contribution in [3.05, 3.63) is 16.7 Å². The SMILES string of the molecule is F/C(=C/I)n1cncn1. The van der Waals surface area contributed by atoms with Gasteiger partial charge in [-0.2, -0.15) is 14.2 Å². The number of aromatic nitrogens is 3. The Balaban J connectivity index is 2.90. The van der Waals surface area contributed by atoms with Gasteiger partial charge in [0, 0.05) is 4.08 Å². The zero-order valence-electron chi connectivity index (χ0n) is 4.33. The molecule has 5 heteroatoms. The van der Waals surface area contributed by atoms with Crippen LogP contribution in [0.15, 0.2) is 16.7 Å². The van der Waals surface area contributed by atoms with E-state index in [0.29, 0.717) is 0 Å². The first-order chi connectivity index (χ1) is 4.34. The molecule has 0 unspecified atom stereocenters. The topological polar surface area (TPSA) is 30.7 Å². The minimum absolute atomic E-state index is 0.423. The van der Waals surface area contributed by atoms with E-state index in [-0.39, 0.29) is 0 Å². The van der Waals surface area contributed by atoms with Crippen LogP contribution in [-0.2, 0) is 0 Å². The molecule has 1 aromatic heterocycles. The van der Waals surface area contributed by atoms with Crippen LogP contribution in [0, 0.1) is 0 Å². The molecule has 0 saturated carbocycles.